The fraction of sp³-hybridized carbons (Fsp3) is 0.625. The van der Waals surface area contributed by atoms with E-state index in [4.69, 9.17) is 17.3 Å². The average Bonchev–Trinajstić information content (AvgIpc) is 2.31. The molecule has 0 radical (unpaired) electrons. The SMILES string of the molecule is Cn1ncc(Cl)c1C(C)(C)CN. The number of hydrogen-bond donors (Lipinski definition) is 1. The molecule has 3 nitrogen and oxygen atoms in total. The molecular formula is C8H14ClN3. The lowest BCUT2D eigenvalue weighted by molar-refractivity contribution is 0.487. The molecule has 0 aliphatic heterocycles. The summed E-state index contributed by atoms with van der Waals surface area (Å²) in [5.41, 5.74) is 6.52. The molecule has 4 heteroatoms. The van der Waals surface area contributed by atoms with Crippen molar-refractivity contribution in [3.63, 3.8) is 0 Å². The zero-order valence-corrected chi connectivity index (χ0v) is 8.39. The lowest BCUT2D eigenvalue weighted by Gasteiger charge is -2.22. The van der Waals surface area contributed by atoms with E-state index in [2.05, 4.69) is 18.9 Å². The van der Waals surface area contributed by atoms with Gasteiger partial charge in [0.1, 0.15) is 0 Å². The number of rotatable bonds is 2. The van der Waals surface area contributed by atoms with Crippen molar-refractivity contribution in [2.45, 2.75) is 19.3 Å². The molecule has 0 aliphatic rings. The maximum Gasteiger partial charge on any atom is 0.0823 e. The minimum absolute atomic E-state index is 0.109. The molecule has 0 unspecified atom stereocenters. The summed E-state index contributed by atoms with van der Waals surface area (Å²) in [4.78, 5) is 0. The monoisotopic (exact) mass is 187 g/mol. The first kappa shape index (κ1) is 9.55. The zero-order valence-electron chi connectivity index (χ0n) is 7.63. The smallest absolute Gasteiger partial charge is 0.0823 e. The fourth-order valence-electron chi connectivity index (χ4n) is 1.27. The first-order chi connectivity index (χ1) is 5.49. The van der Waals surface area contributed by atoms with Crippen LogP contribution in [0.4, 0.5) is 0 Å². The number of halogens is 1. The van der Waals surface area contributed by atoms with E-state index in [0.29, 0.717) is 11.6 Å². The minimum atomic E-state index is -0.109. The van der Waals surface area contributed by atoms with Gasteiger partial charge in [-0.25, -0.2) is 0 Å². The summed E-state index contributed by atoms with van der Waals surface area (Å²) in [6, 6.07) is 0. The zero-order chi connectivity index (χ0) is 9.35. The summed E-state index contributed by atoms with van der Waals surface area (Å²) >= 11 is 5.97. The van der Waals surface area contributed by atoms with Crippen molar-refractivity contribution in [1.82, 2.24) is 9.78 Å². The van der Waals surface area contributed by atoms with Gasteiger partial charge in [0.15, 0.2) is 0 Å². The van der Waals surface area contributed by atoms with Crippen LogP contribution in [0.2, 0.25) is 5.02 Å². The number of nitrogens with zero attached hydrogens (tertiary/aromatic N) is 2. The topological polar surface area (TPSA) is 43.8 Å². The Bertz CT molecular complexity index is 258. The van der Waals surface area contributed by atoms with Crippen molar-refractivity contribution in [2.24, 2.45) is 12.8 Å². The Labute approximate surface area is 77.5 Å². The third kappa shape index (κ3) is 1.47. The van der Waals surface area contributed by atoms with Crippen LogP contribution >= 0.6 is 11.6 Å². The second-order valence-electron chi connectivity index (χ2n) is 3.55. The molecular weight excluding hydrogens is 174 g/mol. The second-order valence-corrected chi connectivity index (χ2v) is 3.96. The summed E-state index contributed by atoms with van der Waals surface area (Å²) in [5, 5.41) is 4.75. The van der Waals surface area contributed by atoms with E-state index < -0.39 is 0 Å². The van der Waals surface area contributed by atoms with Gasteiger partial charge in [-0.1, -0.05) is 25.4 Å². The number of nitrogens with two attached hydrogens (primary N) is 1. The Morgan fingerprint density at radius 3 is 2.58 bits per heavy atom. The maximum atomic E-state index is 5.97. The predicted octanol–water partition coefficient (Wildman–Crippen LogP) is 1.31. The summed E-state index contributed by atoms with van der Waals surface area (Å²) in [5.74, 6) is 0. The van der Waals surface area contributed by atoms with Gasteiger partial charge in [0.2, 0.25) is 0 Å². The Morgan fingerprint density at radius 2 is 2.25 bits per heavy atom. The summed E-state index contributed by atoms with van der Waals surface area (Å²) in [7, 11) is 1.87. The highest BCUT2D eigenvalue weighted by atomic mass is 35.5. The first-order valence-corrected chi connectivity index (χ1v) is 4.25. The molecule has 0 saturated heterocycles. The normalized spacial score (nSPS) is 12.1. The molecule has 0 fully saturated rings. The molecule has 1 aromatic rings. The van der Waals surface area contributed by atoms with Crippen LogP contribution in [-0.4, -0.2) is 16.3 Å². The molecule has 1 aromatic heterocycles. The van der Waals surface area contributed by atoms with Crippen molar-refractivity contribution in [3.8, 4) is 0 Å². The predicted molar refractivity (Wildman–Crippen MR) is 50.3 cm³/mol. The van der Waals surface area contributed by atoms with Crippen LogP contribution in [0.1, 0.15) is 19.5 Å². The highest BCUT2D eigenvalue weighted by Crippen LogP contribution is 2.27. The number of aromatic nitrogens is 2. The van der Waals surface area contributed by atoms with Crippen molar-refractivity contribution >= 4 is 11.6 Å². The largest absolute Gasteiger partial charge is 0.330 e. The van der Waals surface area contributed by atoms with E-state index in [-0.39, 0.29) is 5.41 Å². The lowest BCUT2D eigenvalue weighted by atomic mass is 9.89. The van der Waals surface area contributed by atoms with Crippen LogP contribution in [-0.2, 0) is 12.5 Å². The van der Waals surface area contributed by atoms with Gasteiger partial charge in [0.25, 0.3) is 0 Å². The van der Waals surface area contributed by atoms with Crippen LogP contribution in [0.15, 0.2) is 6.20 Å². The molecule has 0 atom stereocenters. The molecule has 1 rings (SSSR count). The van der Waals surface area contributed by atoms with Gasteiger partial charge in [-0.15, -0.1) is 0 Å². The standard InChI is InChI=1S/C8H14ClN3/c1-8(2,5-10)7-6(9)4-11-12(7)3/h4H,5,10H2,1-3H3. The van der Waals surface area contributed by atoms with Crippen molar-refractivity contribution in [3.05, 3.63) is 16.9 Å². The molecule has 0 amide bonds. The van der Waals surface area contributed by atoms with Gasteiger partial charge in [-0.3, -0.25) is 4.68 Å². The summed E-state index contributed by atoms with van der Waals surface area (Å²) in [6.45, 7) is 4.66. The van der Waals surface area contributed by atoms with Gasteiger partial charge in [-0.05, 0) is 0 Å². The molecule has 2 N–H and O–H groups in total. The quantitative estimate of drug-likeness (QED) is 0.759. The molecule has 0 bridgehead atoms. The second kappa shape index (κ2) is 3.07. The molecule has 0 aromatic carbocycles. The van der Waals surface area contributed by atoms with Crippen LogP contribution < -0.4 is 5.73 Å². The Hall–Kier alpha value is -0.540. The third-order valence-corrected chi connectivity index (χ3v) is 2.32. The van der Waals surface area contributed by atoms with Crippen molar-refractivity contribution in [2.75, 3.05) is 6.54 Å². The Morgan fingerprint density at radius 1 is 1.67 bits per heavy atom. The van der Waals surface area contributed by atoms with Gasteiger partial charge >= 0.3 is 0 Å². The number of aryl methyl sites for hydroxylation is 1. The van der Waals surface area contributed by atoms with Gasteiger partial charge in [-0.2, -0.15) is 5.10 Å². The van der Waals surface area contributed by atoms with E-state index in [9.17, 15) is 0 Å². The number of hydrogen-bond acceptors (Lipinski definition) is 2. The summed E-state index contributed by atoms with van der Waals surface area (Å²) < 4.78 is 1.77. The third-order valence-electron chi connectivity index (χ3n) is 2.05. The Balaban J connectivity index is 3.17. The van der Waals surface area contributed by atoms with Crippen LogP contribution in [0, 0.1) is 0 Å². The molecule has 0 spiro atoms. The fourth-order valence-corrected chi connectivity index (χ4v) is 1.69. The van der Waals surface area contributed by atoms with Gasteiger partial charge in [0.05, 0.1) is 16.9 Å². The van der Waals surface area contributed by atoms with Crippen molar-refractivity contribution in [1.29, 1.82) is 0 Å². The lowest BCUT2D eigenvalue weighted by Crippen LogP contribution is -2.30. The molecule has 12 heavy (non-hydrogen) atoms. The van der Waals surface area contributed by atoms with E-state index in [1.807, 2.05) is 7.05 Å². The molecule has 1 heterocycles. The maximum absolute atomic E-state index is 5.97. The van der Waals surface area contributed by atoms with Crippen LogP contribution in [0.3, 0.4) is 0 Å². The Kier molecular flexibility index (Phi) is 2.44. The van der Waals surface area contributed by atoms with E-state index in [1.165, 1.54) is 0 Å². The minimum Gasteiger partial charge on any atom is -0.330 e. The first-order valence-electron chi connectivity index (χ1n) is 3.87. The van der Waals surface area contributed by atoms with Gasteiger partial charge < -0.3 is 5.73 Å². The van der Waals surface area contributed by atoms with Gasteiger partial charge in [0, 0.05) is 19.0 Å². The van der Waals surface area contributed by atoms with E-state index in [0.717, 1.165) is 5.69 Å². The highest BCUT2D eigenvalue weighted by Gasteiger charge is 2.25. The van der Waals surface area contributed by atoms with Crippen LogP contribution in [0.5, 0.6) is 0 Å². The average molecular weight is 188 g/mol. The highest BCUT2D eigenvalue weighted by molar-refractivity contribution is 6.31. The molecule has 0 aliphatic carbocycles. The molecule has 0 saturated carbocycles. The van der Waals surface area contributed by atoms with Crippen LogP contribution in [0.25, 0.3) is 0 Å². The molecule has 68 valence electrons. The van der Waals surface area contributed by atoms with E-state index in [1.54, 1.807) is 10.9 Å². The van der Waals surface area contributed by atoms with Crippen molar-refractivity contribution < 1.29 is 0 Å². The van der Waals surface area contributed by atoms with E-state index >= 15 is 0 Å². The summed E-state index contributed by atoms with van der Waals surface area (Å²) in [6.07, 6.45) is 1.65.